The van der Waals surface area contributed by atoms with Crippen LogP contribution in [-0.2, 0) is 24.6 Å². The van der Waals surface area contributed by atoms with Crippen LogP contribution in [0.4, 0.5) is 4.39 Å². The van der Waals surface area contributed by atoms with Crippen molar-refractivity contribution < 1.29 is 9.18 Å². The molecule has 0 fully saturated rings. The number of Topliss-reactive ketones (excluding diaryl/α,β-unsaturated/α-hetero) is 1. The van der Waals surface area contributed by atoms with Gasteiger partial charge in [-0.05, 0) is 95.0 Å². The van der Waals surface area contributed by atoms with Crippen molar-refractivity contribution in [3.05, 3.63) is 99.4 Å². The highest BCUT2D eigenvalue weighted by Crippen LogP contribution is 2.36. The van der Waals surface area contributed by atoms with E-state index in [-0.39, 0.29) is 11.6 Å². The van der Waals surface area contributed by atoms with E-state index in [4.69, 9.17) is 0 Å². The molecule has 1 aliphatic rings. The Morgan fingerprint density at radius 2 is 1.52 bits per heavy atom. The molecule has 0 amide bonds. The Hall–Kier alpha value is -2.52. The topological polar surface area (TPSA) is 17.1 Å². The number of hydrogen-bond donors (Lipinski definition) is 0. The summed E-state index contributed by atoms with van der Waals surface area (Å²) in [6.45, 7) is 4.32. The second kappa shape index (κ2) is 9.32. The standard InChI is InChI=1S/C28H26BrFO/c1-3-18-11-19(4-2)13-20(12-18)14-23-7-10-25-26(22-5-8-24(30)9-6-22)15-21(17-29)16-27(25)28(23)31/h5-6,8-9,11-16H,3-4,7,10,17H2,1-2H3/b23-14+. The molecular weight excluding hydrogens is 451 g/mol. The van der Waals surface area contributed by atoms with E-state index in [1.165, 1.54) is 23.3 Å². The van der Waals surface area contributed by atoms with Crippen LogP contribution >= 0.6 is 15.9 Å². The van der Waals surface area contributed by atoms with Gasteiger partial charge in [-0.2, -0.15) is 0 Å². The van der Waals surface area contributed by atoms with Gasteiger partial charge >= 0.3 is 0 Å². The largest absolute Gasteiger partial charge is 0.289 e. The molecule has 0 spiro atoms. The molecule has 4 rings (SSSR count). The number of allylic oxidation sites excluding steroid dienone is 1. The quantitative estimate of drug-likeness (QED) is 0.272. The highest BCUT2D eigenvalue weighted by Gasteiger charge is 2.25. The summed E-state index contributed by atoms with van der Waals surface area (Å²) in [5, 5.41) is 0.666. The zero-order chi connectivity index (χ0) is 22.0. The molecule has 158 valence electrons. The third-order valence-electron chi connectivity index (χ3n) is 6.03. The Morgan fingerprint density at radius 1 is 0.871 bits per heavy atom. The minimum absolute atomic E-state index is 0.104. The van der Waals surface area contributed by atoms with Crippen LogP contribution in [0.1, 0.15) is 58.4 Å². The Kier molecular flexibility index (Phi) is 6.52. The minimum atomic E-state index is -0.253. The van der Waals surface area contributed by atoms with Gasteiger partial charge in [0.1, 0.15) is 5.82 Å². The van der Waals surface area contributed by atoms with Gasteiger partial charge in [0.2, 0.25) is 0 Å². The number of benzene rings is 3. The number of carbonyl (C=O) groups excluding carboxylic acids is 1. The lowest BCUT2D eigenvalue weighted by Gasteiger charge is -2.22. The van der Waals surface area contributed by atoms with Gasteiger partial charge in [-0.25, -0.2) is 4.39 Å². The average molecular weight is 477 g/mol. The van der Waals surface area contributed by atoms with Gasteiger partial charge in [-0.3, -0.25) is 4.79 Å². The summed E-state index contributed by atoms with van der Waals surface area (Å²) in [4.78, 5) is 13.5. The number of hydrogen-bond acceptors (Lipinski definition) is 1. The summed E-state index contributed by atoms with van der Waals surface area (Å²) in [5.41, 5.74) is 9.44. The lowest BCUT2D eigenvalue weighted by Crippen LogP contribution is -2.16. The maximum Gasteiger partial charge on any atom is 0.189 e. The van der Waals surface area contributed by atoms with Crippen molar-refractivity contribution >= 4 is 27.8 Å². The monoisotopic (exact) mass is 476 g/mol. The minimum Gasteiger partial charge on any atom is -0.289 e. The van der Waals surface area contributed by atoms with E-state index in [1.54, 1.807) is 12.1 Å². The van der Waals surface area contributed by atoms with E-state index >= 15 is 0 Å². The molecule has 0 unspecified atom stereocenters. The van der Waals surface area contributed by atoms with E-state index in [2.05, 4.69) is 60.1 Å². The van der Waals surface area contributed by atoms with Crippen LogP contribution in [0.2, 0.25) is 0 Å². The number of aryl methyl sites for hydroxylation is 2. The maximum atomic E-state index is 13.5. The lowest BCUT2D eigenvalue weighted by atomic mass is 9.81. The van der Waals surface area contributed by atoms with Crippen LogP contribution in [0.5, 0.6) is 0 Å². The predicted octanol–water partition coefficient (Wildman–Crippen LogP) is 7.72. The van der Waals surface area contributed by atoms with Crippen LogP contribution in [-0.4, -0.2) is 5.78 Å². The van der Waals surface area contributed by atoms with Crippen LogP contribution in [0.25, 0.3) is 17.2 Å². The molecule has 0 N–H and O–H groups in total. The second-order valence-corrected chi connectivity index (χ2v) is 8.66. The molecule has 1 aliphatic carbocycles. The molecule has 0 saturated carbocycles. The second-order valence-electron chi connectivity index (χ2n) is 8.10. The van der Waals surface area contributed by atoms with Gasteiger partial charge in [0.15, 0.2) is 5.78 Å². The number of ketones is 1. The van der Waals surface area contributed by atoms with Gasteiger partial charge in [0, 0.05) is 16.5 Å². The highest BCUT2D eigenvalue weighted by atomic mass is 79.9. The molecule has 0 saturated heterocycles. The van der Waals surface area contributed by atoms with Gasteiger partial charge in [-0.15, -0.1) is 0 Å². The summed E-state index contributed by atoms with van der Waals surface area (Å²) in [5.74, 6) is -0.149. The zero-order valence-electron chi connectivity index (χ0n) is 18.0. The molecule has 3 aromatic rings. The van der Waals surface area contributed by atoms with Crippen LogP contribution in [0.15, 0.2) is 60.2 Å². The molecule has 31 heavy (non-hydrogen) atoms. The first-order chi connectivity index (χ1) is 15.0. The molecule has 1 nitrogen and oxygen atoms in total. The average Bonchev–Trinajstić information content (AvgIpc) is 2.80. The van der Waals surface area contributed by atoms with Crippen LogP contribution in [0, 0.1) is 5.82 Å². The molecule has 0 aliphatic heterocycles. The van der Waals surface area contributed by atoms with Crippen LogP contribution < -0.4 is 0 Å². The molecule has 0 aromatic heterocycles. The Morgan fingerprint density at radius 3 is 2.13 bits per heavy atom. The van der Waals surface area contributed by atoms with Crippen molar-refractivity contribution in [3.63, 3.8) is 0 Å². The fraction of sp³-hybridized carbons (Fsp3) is 0.250. The predicted molar refractivity (Wildman–Crippen MR) is 130 cm³/mol. The third-order valence-corrected chi connectivity index (χ3v) is 6.68. The van der Waals surface area contributed by atoms with Crippen LogP contribution in [0.3, 0.4) is 0 Å². The molecule has 0 heterocycles. The third kappa shape index (κ3) is 4.57. The lowest BCUT2D eigenvalue weighted by molar-refractivity contribution is 0.102. The molecule has 0 radical (unpaired) electrons. The number of fused-ring (bicyclic) bond motifs is 1. The first kappa shape index (κ1) is 21.7. The summed E-state index contributed by atoms with van der Waals surface area (Å²) < 4.78 is 13.4. The van der Waals surface area contributed by atoms with Gasteiger partial charge in [-0.1, -0.05) is 60.1 Å². The first-order valence-corrected chi connectivity index (χ1v) is 12.0. The van der Waals surface area contributed by atoms with Crippen molar-refractivity contribution in [3.8, 4) is 11.1 Å². The molecule has 0 atom stereocenters. The molecule has 3 heteroatoms. The Labute approximate surface area is 192 Å². The Balaban J connectivity index is 1.78. The fourth-order valence-electron chi connectivity index (χ4n) is 4.34. The van der Waals surface area contributed by atoms with Crippen molar-refractivity contribution in [2.45, 2.75) is 44.9 Å². The van der Waals surface area contributed by atoms with Crippen molar-refractivity contribution in [1.29, 1.82) is 0 Å². The van der Waals surface area contributed by atoms with Gasteiger partial charge in [0.05, 0.1) is 0 Å². The summed E-state index contributed by atoms with van der Waals surface area (Å²) >= 11 is 3.54. The number of rotatable bonds is 5. The smallest absolute Gasteiger partial charge is 0.189 e. The first-order valence-electron chi connectivity index (χ1n) is 10.9. The number of carbonyl (C=O) groups is 1. The maximum absolute atomic E-state index is 13.5. The van der Waals surface area contributed by atoms with E-state index in [1.807, 2.05) is 6.07 Å². The molecular formula is C28H26BrFO. The molecule has 3 aromatic carbocycles. The van der Waals surface area contributed by atoms with E-state index in [9.17, 15) is 9.18 Å². The Bertz CT molecular complexity index is 1140. The number of alkyl halides is 1. The number of halogens is 2. The summed E-state index contributed by atoms with van der Waals surface area (Å²) in [6.07, 6.45) is 5.55. The fourth-order valence-corrected chi connectivity index (χ4v) is 4.66. The molecule has 0 bridgehead atoms. The zero-order valence-corrected chi connectivity index (χ0v) is 19.6. The van der Waals surface area contributed by atoms with Crippen molar-refractivity contribution in [2.75, 3.05) is 0 Å². The van der Waals surface area contributed by atoms with Crippen molar-refractivity contribution in [2.24, 2.45) is 0 Å². The van der Waals surface area contributed by atoms with E-state index in [0.717, 1.165) is 58.2 Å². The summed E-state index contributed by atoms with van der Waals surface area (Å²) in [7, 11) is 0. The normalized spacial score (nSPS) is 14.7. The van der Waals surface area contributed by atoms with Gasteiger partial charge in [0.25, 0.3) is 0 Å². The van der Waals surface area contributed by atoms with Crippen molar-refractivity contribution in [1.82, 2.24) is 0 Å². The van der Waals surface area contributed by atoms with E-state index in [0.29, 0.717) is 11.8 Å². The highest BCUT2D eigenvalue weighted by molar-refractivity contribution is 9.08. The van der Waals surface area contributed by atoms with E-state index < -0.39 is 0 Å². The van der Waals surface area contributed by atoms with Gasteiger partial charge < -0.3 is 0 Å². The summed E-state index contributed by atoms with van der Waals surface area (Å²) in [6, 6.07) is 17.3. The SMILES string of the molecule is CCc1cc(/C=C2\CCc3c(cc(CBr)cc3-c3ccc(F)cc3)C2=O)cc(CC)c1.